The van der Waals surface area contributed by atoms with Crippen molar-refractivity contribution in [3.05, 3.63) is 41.3 Å². The van der Waals surface area contributed by atoms with Gasteiger partial charge in [-0.05, 0) is 44.5 Å². The van der Waals surface area contributed by atoms with Crippen LogP contribution in [0.4, 0.5) is 5.69 Å². The second-order valence-corrected chi connectivity index (χ2v) is 5.18. The predicted molar refractivity (Wildman–Crippen MR) is 87.1 cm³/mol. The first-order valence-electron chi connectivity index (χ1n) is 7.57. The standard InChI is InChI=1S/C17H20N2O5/c1-5-14-15(10(2)24-19-14)17(21)23-11(3)16(20)18-12-6-8-13(22-4)9-7-12/h6-9,11H,5H2,1-4H3,(H,18,20)/t11-/m0/s1. The lowest BCUT2D eigenvalue weighted by molar-refractivity contribution is -0.123. The molecule has 0 aliphatic heterocycles. The summed E-state index contributed by atoms with van der Waals surface area (Å²) < 4.78 is 15.3. The van der Waals surface area contributed by atoms with E-state index >= 15 is 0 Å². The van der Waals surface area contributed by atoms with Crippen LogP contribution in [0.5, 0.6) is 5.75 Å². The molecule has 1 atom stereocenters. The molecule has 0 unspecified atom stereocenters. The van der Waals surface area contributed by atoms with Crippen molar-refractivity contribution in [3.63, 3.8) is 0 Å². The van der Waals surface area contributed by atoms with E-state index in [1.165, 1.54) is 6.92 Å². The van der Waals surface area contributed by atoms with Crippen molar-refractivity contribution in [1.82, 2.24) is 5.16 Å². The SMILES string of the molecule is CCc1noc(C)c1C(=O)O[C@@H](C)C(=O)Nc1ccc(OC)cc1. The fourth-order valence-corrected chi connectivity index (χ4v) is 2.11. The summed E-state index contributed by atoms with van der Waals surface area (Å²) in [7, 11) is 1.56. The maximum absolute atomic E-state index is 12.2. The number of hydrogen-bond acceptors (Lipinski definition) is 6. The maximum atomic E-state index is 12.2. The third-order valence-corrected chi connectivity index (χ3v) is 3.48. The maximum Gasteiger partial charge on any atom is 0.344 e. The van der Waals surface area contributed by atoms with Crippen LogP contribution in [-0.4, -0.2) is 30.2 Å². The number of aromatic nitrogens is 1. The Morgan fingerprint density at radius 1 is 1.29 bits per heavy atom. The molecule has 1 aromatic heterocycles. The highest BCUT2D eigenvalue weighted by atomic mass is 16.5. The molecular formula is C17H20N2O5. The molecule has 1 heterocycles. The van der Waals surface area contributed by atoms with Crippen molar-refractivity contribution in [2.75, 3.05) is 12.4 Å². The largest absolute Gasteiger partial charge is 0.497 e. The number of carbonyl (C=O) groups excluding carboxylic acids is 2. The number of rotatable bonds is 6. The van der Waals surface area contributed by atoms with Gasteiger partial charge in [0.05, 0.1) is 12.8 Å². The van der Waals surface area contributed by atoms with Crippen molar-refractivity contribution in [2.24, 2.45) is 0 Å². The van der Waals surface area contributed by atoms with Gasteiger partial charge in [0.2, 0.25) is 0 Å². The minimum absolute atomic E-state index is 0.279. The molecule has 0 spiro atoms. The van der Waals surface area contributed by atoms with Crippen LogP contribution in [0.3, 0.4) is 0 Å². The van der Waals surface area contributed by atoms with Gasteiger partial charge in [-0.1, -0.05) is 12.1 Å². The minimum atomic E-state index is -0.960. The van der Waals surface area contributed by atoms with Crippen LogP contribution >= 0.6 is 0 Å². The number of nitrogens with one attached hydrogen (secondary N) is 1. The van der Waals surface area contributed by atoms with E-state index in [1.54, 1.807) is 38.3 Å². The third kappa shape index (κ3) is 3.92. The summed E-state index contributed by atoms with van der Waals surface area (Å²) in [5.74, 6) is 0.00534. The van der Waals surface area contributed by atoms with Crippen molar-refractivity contribution in [1.29, 1.82) is 0 Å². The lowest BCUT2D eigenvalue weighted by atomic mass is 10.1. The molecule has 1 aromatic carbocycles. The number of ether oxygens (including phenoxy) is 2. The molecule has 0 fully saturated rings. The second kappa shape index (κ2) is 7.63. The van der Waals surface area contributed by atoms with Gasteiger partial charge >= 0.3 is 5.97 Å². The molecule has 0 saturated heterocycles. The average Bonchev–Trinajstić information content (AvgIpc) is 2.96. The zero-order chi connectivity index (χ0) is 17.7. The molecular weight excluding hydrogens is 312 g/mol. The van der Waals surface area contributed by atoms with Gasteiger partial charge in [0.1, 0.15) is 17.1 Å². The summed E-state index contributed by atoms with van der Waals surface area (Å²) in [4.78, 5) is 24.4. The molecule has 0 saturated carbocycles. The molecule has 1 N–H and O–H groups in total. The van der Waals surface area contributed by atoms with E-state index in [1.807, 2.05) is 6.92 Å². The number of benzene rings is 1. The topological polar surface area (TPSA) is 90.7 Å². The second-order valence-electron chi connectivity index (χ2n) is 5.18. The molecule has 2 aromatic rings. The van der Waals surface area contributed by atoms with Gasteiger partial charge in [0.15, 0.2) is 6.10 Å². The van der Waals surface area contributed by atoms with Gasteiger partial charge in [0.25, 0.3) is 5.91 Å². The zero-order valence-electron chi connectivity index (χ0n) is 14.1. The Morgan fingerprint density at radius 2 is 1.96 bits per heavy atom. The first-order valence-corrected chi connectivity index (χ1v) is 7.57. The molecule has 0 bridgehead atoms. The molecule has 2 rings (SSSR count). The highest BCUT2D eigenvalue weighted by Gasteiger charge is 2.25. The summed E-state index contributed by atoms with van der Waals surface area (Å²) in [5.41, 5.74) is 1.38. The smallest absolute Gasteiger partial charge is 0.344 e. The summed E-state index contributed by atoms with van der Waals surface area (Å²) >= 11 is 0. The van der Waals surface area contributed by atoms with Crippen LogP contribution in [0, 0.1) is 6.92 Å². The number of hydrogen-bond donors (Lipinski definition) is 1. The van der Waals surface area contributed by atoms with Crippen LogP contribution < -0.4 is 10.1 Å². The molecule has 1 amide bonds. The van der Waals surface area contributed by atoms with E-state index in [0.29, 0.717) is 29.3 Å². The van der Waals surface area contributed by atoms with Gasteiger partial charge < -0.3 is 19.3 Å². The summed E-state index contributed by atoms with van der Waals surface area (Å²) in [6, 6.07) is 6.84. The fourth-order valence-electron chi connectivity index (χ4n) is 2.11. The van der Waals surface area contributed by atoms with Crippen LogP contribution in [0.2, 0.25) is 0 Å². The highest BCUT2D eigenvalue weighted by Crippen LogP contribution is 2.18. The Hall–Kier alpha value is -2.83. The average molecular weight is 332 g/mol. The van der Waals surface area contributed by atoms with E-state index in [2.05, 4.69) is 10.5 Å². The van der Waals surface area contributed by atoms with Gasteiger partial charge in [-0.15, -0.1) is 0 Å². The van der Waals surface area contributed by atoms with Crippen molar-refractivity contribution in [3.8, 4) is 5.75 Å². The quantitative estimate of drug-likeness (QED) is 0.818. The Labute approximate surface area is 139 Å². The van der Waals surface area contributed by atoms with Crippen molar-refractivity contribution < 1.29 is 23.6 Å². The molecule has 0 aliphatic rings. The molecule has 7 heteroatoms. The molecule has 0 radical (unpaired) electrons. The van der Waals surface area contributed by atoms with Crippen molar-refractivity contribution in [2.45, 2.75) is 33.3 Å². The van der Waals surface area contributed by atoms with Gasteiger partial charge in [0, 0.05) is 5.69 Å². The lowest BCUT2D eigenvalue weighted by Crippen LogP contribution is -2.30. The van der Waals surface area contributed by atoms with E-state index < -0.39 is 18.0 Å². The number of aryl methyl sites for hydroxylation is 2. The van der Waals surface area contributed by atoms with Crippen LogP contribution in [0.15, 0.2) is 28.8 Å². The van der Waals surface area contributed by atoms with Crippen LogP contribution in [0.25, 0.3) is 0 Å². The molecule has 128 valence electrons. The monoisotopic (exact) mass is 332 g/mol. The van der Waals surface area contributed by atoms with Gasteiger partial charge in [-0.2, -0.15) is 0 Å². The van der Waals surface area contributed by atoms with E-state index in [9.17, 15) is 9.59 Å². The first-order chi connectivity index (χ1) is 11.5. The fraction of sp³-hybridized carbons (Fsp3) is 0.353. The van der Waals surface area contributed by atoms with E-state index in [4.69, 9.17) is 14.0 Å². The molecule has 24 heavy (non-hydrogen) atoms. The number of nitrogens with zero attached hydrogens (tertiary/aromatic N) is 1. The summed E-state index contributed by atoms with van der Waals surface area (Å²) in [6.07, 6.45) is -0.424. The predicted octanol–water partition coefficient (Wildman–Crippen LogP) is 2.74. The third-order valence-electron chi connectivity index (χ3n) is 3.48. The van der Waals surface area contributed by atoms with Gasteiger partial charge in [-0.25, -0.2) is 4.79 Å². The summed E-state index contributed by atoms with van der Waals surface area (Å²) in [6.45, 7) is 4.99. The van der Waals surface area contributed by atoms with Crippen LogP contribution in [0.1, 0.15) is 35.7 Å². The minimum Gasteiger partial charge on any atom is -0.497 e. The van der Waals surface area contributed by atoms with Crippen LogP contribution in [-0.2, 0) is 16.0 Å². The number of esters is 1. The van der Waals surface area contributed by atoms with E-state index in [0.717, 1.165) is 0 Å². The number of methoxy groups -OCH3 is 1. The highest BCUT2D eigenvalue weighted by molar-refractivity contribution is 5.98. The lowest BCUT2D eigenvalue weighted by Gasteiger charge is -2.13. The van der Waals surface area contributed by atoms with Gasteiger partial charge in [-0.3, -0.25) is 4.79 Å². The van der Waals surface area contributed by atoms with Crippen molar-refractivity contribution >= 4 is 17.6 Å². The number of carbonyl (C=O) groups is 2. The normalized spacial score (nSPS) is 11.7. The Balaban J connectivity index is 2.00. The van der Waals surface area contributed by atoms with E-state index in [-0.39, 0.29) is 5.56 Å². The Morgan fingerprint density at radius 3 is 2.54 bits per heavy atom. The Kier molecular flexibility index (Phi) is 5.57. The zero-order valence-corrected chi connectivity index (χ0v) is 14.1. The summed E-state index contributed by atoms with van der Waals surface area (Å²) in [5, 5.41) is 6.48. The number of anilines is 1. The number of amides is 1. The first kappa shape index (κ1) is 17.5. The Bertz CT molecular complexity index is 721. The molecule has 7 nitrogen and oxygen atoms in total. The molecule has 0 aliphatic carbocycles.